The second-order valence-electron chi connectivity index (χ2n) is 7.68. The number of benzene rings is 2. The van der Waals surface area contributed by atoms with Gasteiger partial charge in [-0.2, -0.15) is 4.98 Å². The van der Waals surface area contributed by atoms with Crippen molar-refractivity contribution in [3.05, 3.63) is 71.0 Å². The quantitative estimate of drug-likeness (QED) is 0.185. The van der Waals surface area contributed by atoms with E-state index >= 15 is 0 Å². The van der Waals surface area contributed by atoms with E-state index in [2.05, 4.69) is 42.8 Å². The lowest BCUT2D eigenvalue weighted by molar-refractivity contribution is 0.0939. The molecule has 3 N–H and O–H groups in total. The monoisotopic (exact) mass is 593 g/mol. The van der Waals surface area contributed by atoms with Crippen LogP contribution < -0.4 is 16.0 Å². The molecule has 0 radical (unpaired) electrons. The summed E-state index contributed by atoms with van der Waals surface area (Å²) in [4.78, 5) is 25.5. The Morgan fingerprint density at radius 1 is 1.18 bits per heavy atom. The molecule has 0 bridgehead atoms. The first-order valence-electron chi connectivity index (χ1n) is 10.2. The summed E-state index contributed by atoms with van der Waals surface area (Å²) < 4.78 is 13.3. The van der Waals surface area contributed by atoms with Crippen molar-refractivity contribution in [3.8, 4) is 10.4 Å². The number of nitrogens with one attached hydrogen (secondary N) is 1. The van der Waals surface area contributed by atoms with E-state index in [9.17, 15) is 9.18 Å². The number of halogens is 3. The lowest BCUT2D eigenvalue weighted by Gasteiger charge is -2.25. The number of amides is 1. The number of nitrogens with two attached hydrogens (primary N) is 1. The molecule has 2 aromatic carbocycles. The molecule has 2 unspecified atom stereocenters. The number of hydrogen-bond acceptors (Lipinski definition) is 6. The molecule has 2 atom stereocenters. The highest BCUT2D eigenvalue weighted by Gasteiger charge is 2.35. The Morgan fingerprint density at radius 3 is 2.64 bits per heavy atom. The van der Waals surface area contributed by atoms with Crippen LogP contribution >= 0.6 is 45.5 Å². The Hall–Kier alpha value is -2.50. The number of rotatable bonds is 4. The Balaban J connectivity index is 1.42. The van der Waals surface area contributed by atoms with Crippen LogP contribution in [0.1, 0.15) is 16.8 Å². The fraction of sp³-hybridized carbons (Fsp3) is 0.174. The zero-order chi connectivity index (χ0) is 23.1. The molecule has 6 nitrogen and oxygen atoms in total. The van der Waals surface area contributed by atoms with Crippen molar-refractivity contribution in [1.29, 1.82) is 0 Å². The van der Waals surface area contributed by atoms with Gasteiger partial charge in [0.15, 0.2) is 0 Å². The number of anilines is 2. The smallest absolute Gasteiger partial charge is 0.251 e. The summed E-state index contributed by atoms with van der Waals surface area (Å²) in [6.07, 6.45) is 0.771. The second-order valence-corrected chi connectivity index (χ2v) is 10.4. The van der Waals surface area contributed by atoms with Crippen LogP contribution in [-0.4, -0.2) is 32.5 Å². The number of alkyl halides is 1. The van der Waals surface area contributed by atoms with Gasteiger partial charge in [-0.05, 0) is 54.4 Å². The van der Waals surface area contributed by atoms with Crippen molar-refractivity contribution in [1.82, 2.24) is 15.3 Å². The maximum atomic E-state index is 13.3. The Bertz CT molecular complexity index is 1330. The molecular formula is C23H18ClFIN5OS. The fourth-order valence-corrected chi connectivity index (χ4v) is 6.12. The third-order valence-corrected chi connectivity index (χ3v) is 8.39. The predicted octanol–water partition coefficient (Wildman–Crippen LogP) is 5.50. The minimum Gasteiger partial charge on any atom is -0.368 e. The highest BCUT2D eigenvalue weighted by Crippen LogP contribution is 2.39. The van der Waals surface area contributed by atoms with Crippen molar-refractivity contribution in [2.75, 3.05) is 17.2 Å². The molecule has 1 aliphatic rings. The Morgan fingerprint density at radius 2 is 1.91 bits per heavy atom. The molecule has 33 heavy (non-hydrogen) atoms. The van der Waals surface area contributed by atoms with E-state index in [4.69, 9.17) is 17.3 Å². The van der Waals surface area contributed by atoms with Gasteiger partial charge in [0.05, 0.1) is 11.4 Å². The van der Waals surface area contributed by atoms with Gasteiger partial charge in [-0.25, -0.2) is 9.37 Å². The van der Waals surface area contributed by atoms with Crippen molar-refractivity contribution in [2.45, 2.75) is 16.5 Å². The molecule has 0 spiro atoms. The van der Waals surface area contributed by atoms with Crippen molar-refractivity contribution in [2.24, 2.45) is 0 Å². The summed E-state index contributed by atoms with van der Waals surface area (Å²) >= 11 is 9.75. The van der Waals surface area contributed by atoms with Gasteiger partial charge in [-0.15, -0.1) is 11.3 Å². The molecule has 1 saturated heterocycles. The van der Waals surface area contributed by atoms with E-state index in [1.807, 2.05) is 6.07 Å². The van der Waals surface area contributed by atoms with E-state index < -0.39 is 0 Å². The lowest BCUT2D eigenvalue weighted by Crippen LogP contribution is -2.42. The molecule has 4 aromatic rings. The first-order valence-corrected chi connectivity index (χ1v) is 12.6. The van der Waals surface area contributed by atoms with E-state index in [0.717, 1.165) is 32.9 Å². The number of carbonyl (C=O) groups excluding carboxylic acids is 1. The number of aromatic nitrogens is 2. The molecular weight excluding hydrogens is 576 g/mol. The molecule has 0 aliphatic carbocycles. The average Bonchev–Trinajstić information content (AvgIpc) is 3.38. The Kier molecular flexibility index (Phi) is 6.11. The molecule has 168 valence electrons. The molecule has 5 rings (SSSR count). The molecule has 1 amide bonds. The summed E-state index contributed by atoms with van der Waals surface area (Å²) in [5, 5.41) is 4.60. The van der Waals surface area contributed by atoms with Gasteiger partial charge in [-0.1, -0.05) is 46.3 Å². The van der Waals surface area contributed by atoms with Crippen molar-refractivity contribution >= 4 is 73.4 Å². The summed E-state index contributed by atoms with van der Waals surface area (Å²) in [6, 6.07) is 15.2. The minimum atomic E-state index is -0.277. The van der Waals surface area contributed by atoms with E-state index in [1.54, 1.807) is 36.4 Å². The number of fused-ring (bicyclic) bond motifs is 1. The molecule has 1 fully saturated rings. The zero-order valence-corrected chi connectivity index (χ0v) is 20.9. The third-order valence-electron chi connectivity index (χ3n) is 5.52. The second kappa shape index (κ2) is 9.03. The van der Waals surface area contributed by atoms with E-state index in [1.165, 1.54) is 23.5 Å². The van der Waals surface area contributed by atoms with Crippen molar-refractivity contribution < 1.29 is 9.18 Å². The standard InChI is InChI=1S/C23H18ClFIN5OS/c24-14-5-1-13(2-6-14)21(32)28-17-9-10-31(19(17)26)20-16-11-18(12-3-7-15(25)8-4-12)33-22(16)30-23(27)29-20/h1-8,11,17,19H,9-10H2,(H,28,32)(H2,27,29,30). The molecule has 0 saturated carbocycles. The molecule has 3 heterocycles. The summed E-state index contributed by atoms with van der Waals surface area (Å²) in [6.45, 7) is 0.715. The van der Waals surface area contributed by atoms with Crippen LogP contribution in [0.4, 0.5) is 16.2 Å². The van der Waals surface area contributed by atoms with Crippen LogP contribution in [0.25, 0.3) is 20.7 Å². The SMILES string of the molecule is Nc1nc(N2CCC(NC(=O)c3ccc(Cl)cc3)C2I)c2cc(-c3ccc(F)cc3)sc2n1. The molecule has 10 heteroatoms. The number of carbonyl (C=O) groups is 1. The van der Waals surface area contributed by atoms with Gasteiger partial charge >= 0.3 is 0 Å². The first-order chi connectivity index (χ1) is 15.9. The van der Waals surface area contributed by atoms with E-state index in [-0.39, 0.29) is 27.8 Å². The number of thiophene rings is 1. The number of nitrogen functional groups attached to an aromatic ring is 1. The maximum Gasteiger partial charge on any atom is 0.251 e. The van der Waals surface area contributed by atoms with Crippen LogP contribution in [0.3, 0.4) is 0 Å². The fourth-order valence-electron chi connectivity index (χ4n) is 3.87. The van der Waals surface area contributed by atoms with Crippen LogP contribution in [-0.2, 0) is 0 Å². The molecule has 2 aromatic heterocycles. The van der Waals surface area contributed by atoms with Crippen LogP contribution in [0.2, 0.25) is 5.02 Å². The van der Waals surface area contributed by atoms with Gasteiger partial charge in [0.2, 0.25) is 5.95 Å². The van der Waals surface area contributed by atoms with Gasteiger partial charge in [0.1, 0.15) is 20.5 Å². The van der Waals surface area contributed by atoms with Gasteiger partial charge < -0.3 is 16.0 Å². The van der Waals surface area contributed by atoms with Crippen LogP contribution in [0.15, 0.2) is 54.6 Å². The zero-order valence-electron chi connectivity index (χ0n) is 17.1. The van der Waals surface area contributed by atoms with Crippen molar-refractivity contribution in [3.63, 3.8) is 0 Å². The predicted molar refractivity (Wildman–Crippen MR) is 140 cm³/mol. The van der Waals surface area contributed by atoms with Crippen LogP contribution in [0, 0.1) is 5.82 Å². The lowest BCUT2D eigenvalue weighted by atomic mass is 10.2. The first kappa shape index (κ1) is 22.3. The van der Waals surface area contributed by atoms with Gasteiger partial charge in [0.25, 0.3) is 5.91 Å². The largest absolute Gasteiger partial charge is 0.368 e. The number of hydrogen-bond donors (Lipinski definition) is 2. The topological polar surface area (TPSA) is 84.1 Å². The third kappa shape index (κ3) is 4.49. The highest BCUT2D eigenvalue weighted by molar-refractivity contribution is 14.1. The van der Waals surface area contributed by atoms with Gasteiger partial charge in [0, 0.05) is 22.0 Å². The summed E-state index contributed by atoms with van der Waals surface area (Å²) in [5.41, 5.74) is 7.51. The normalized spacial score (nSPS) is 18.1. The summed E-state index contributed by atoms with van der Waals surface area (Å²) in [7, 11) is 0. The summed E-state index contributed by atoms with van der Waals surface area (Å²) in [5.74, 6) is 0.523. The number of nitrogens with zero attached hydrogens (tertiary/aromatic N) is 3. The minimum absolute atomic E-state index is 0.0227. The highest BCUT2D eigenvalue weighted by atomic mass is 127. The maximum absolute atomic E-state index is 13.3. The Labute approximate surface area is 212 Å². The van der Waals surface area contributed by atoms with Crippen LogP contribution in [0.5, 0.6) is 0 Å². The molecule has 1 aliphatic heterocycles. The van der Waals surface area contributed by atoms with Gasteiger partial charge in [-0.3, -0.25) is 4.79 Å². The van der Waals surface area contributed by atoms with E-state index in [0.29, 0.717) is 17.1 Å². The average molecular weight is 594 g/mol.